The number of carbonyl (C=O) groups excluding carboxylic acids is 2. The van der Waals surface area contributed by atoms with Crippen LogP contribution in [0.5, 0.6) is 0 Å². The molecule has 4 rings (SSSR count). The molecule has 3 heterocycles. The topological polar surface area (TPSA) is 66.4 Å². The zero-order valence-corrected chi connectivity index (χ0v) is 19.1. The van der Waals surface area contributed by atoms with Crippen molar-refractivity contribution in [3.8, 4) is 0 Å². The molecule has 2 aromatic rings. The molecule has 2 amide bonds. The summed E-state index contributed by atoms with van der Waals surface area (Å²) in [5, 5.41) is 0. The number of carbonyl (C=O) groups is 2. The summed E-state index contributed by atoms with van der Waals surface area (Å²) in [4.78, 5) is 38.7. The first-order valence-corrected chi connectivity index (χ1v) is 11.4. The summed E-state index contributed by atoms with van der Waals surface area (Å²) < 4.78 is 13.9. The minimum atomic E-state index is -0.627. The van der Waals surface area contributed by atoms with E-state index in [0.717, 1.165) is 29.2 Å². The number of hydrogen-bond donors (Lipinski definition) is 0. The monoisotopic (exact) mass is 438 g/mol. The van der Waals surface area contributed by atoms with Crippen molar-refractivity contribution in [1.82, 2.24) is 19.8 Å². The van der Waals surface area contributed by atoms with Crippen LogP contribution < -0.4 is 0 Å². The highest BCUT2D eigenvalue weighted by molar-refractivity contribution is 5.84. The van der Waals surface area contributed by atoms with Crippen LogP contribution in [0.1, 0.15) is 54.9 Å². The van der Waals surface area contributed by atoms with E-state index in [4.69, 9.17) is 0 Å². The molecule has 0 radical (unpaired) electrons. The molecule has 6 nitrogen and oxygen atoms in total. The van der Waals surface area contributed by atoms with Gasteiger partial charge < -0.3 is 9.80 Å². The van der Waals surface area contributed by atoms with Crippen molar-refractivity contribution in [3.05, 3.63) is 58.9 Å². The molecule has 0 spiro atoms. The molecular formula is C25H31FN4O2. The largest absolute Gasteiger partial charge is 0.343 e. The number of likely N-dealkylation sites (tertiary alicyclic amines) is 2. The first-order valence-electron chi connectivity index (χ1n) is 11.4. The summed E-state index contributed by atoms with van der Waals surface area (Å²) in [6.07, 6.45) is 2.49. The molecule has 2 aliphatic heterocycles. The Morgan fingerprint density at radius 3 is 2.38 bits per heavy atom. The lowest BCUT2D eigenvalue weighted by atomic mass is 9.72. The molecule has 1 aromatic carbocycles. The highest BCUT2D eigenvalue weighted by Crippen LogP contribution is 2.39. The van der Waals surface area contributed by atoms with Crippen molar-refractivity contribution in [2.45, 2.75) is 52.4 Å². The third-order valence-electron chi connectivity index (χ3n) is 6.89. The average molecular weight is 439 g/mol. The number of piperidine rings is 1. The SMILES string of the molecule is CC(=O)N1CCC(Cc2cccc(F)c2)(C(=O)N2CC[C@@H](c3nc(C)cc(C)n3)C2)CC1. The number of nitrogens with zero attached hydrogens (tertiary/aromatic N) is 4. The molecule has 1 atom stereocenters. The Morgan fingerprint density at radius 1 is 1.06 bits per heavy atom. The zero-order chi connectivity index (χ0) is 22.9. The maximum Gasteiger partial charge on any atom is 0.229 e. The van der Waals surface area contributed by atoms with E-state index in [1.54, 1.807) is 17.9 Å². The first-order chi connectivity index (χ1) is 15.3. The first kappa shape index (κ1) is 22.4. The van der Waals surface area contributed by atoms with Crippen LogP contribution >= 0.6 is 0 Å². The van der Waals surface area contributed by atoms with Gasteiger partial charge in [0, 0.05) is 50.4 Å². The van der Waals surface area contributed by atoms with Gasteiger partial charge >= 0.3 is 0 Å². The Balaban J connectivity index is 1.55. The number of rotatable bonds is 4. The molecule has 0 N–H and O–H groups in total. The molecule has 2 saturated heterocycles. The van der Waals surface area contributed by atoms with Crippen LogP contribution in [0.4, 0.5) is 4.39 Å². The van der Waals surface area contributed by atoms with Crippen LogP contribution in [-0.2, 0) is 16.0 Å². The van der Waals surface area contributed by atoms with Gasteiger partial charge in [-0.1, -0.05) is 12.1 Å². The molecule has 0 bridgehead atoms. The molecule has 0 saturated carbocycles. The Hall–Kier alpha value is -2.83. The van der Waals surface area contributed by atoms with Gasteiger partial charge in [0.05, 0.1) is 5.41 Å². The molecule has 2 fully saturated rings. The van der Waals surface area contributed by atoms with E-state index < -0.39 is 5.41 Å². The second-order valence-electron chi connectivity index (χ2n) is 9.34. The van der Waals surface area contributed by atoms with Gasteiger partial charge in [0.2, 0.25) is 11.8 Å². The molecular weight excluding hydrogens is 407 g/mol. The van der Waals surface area contributed by atoms with E-state index in [1.165, 1.54) is 12.1 Å². The normalized spacial score (nSPS) is 20.4. The third-order valence-corrected chi connectivity index (χ3v) is 6.89. The van der Waals surface area contributed by atoms with E-state index in [1.807, 2.05) is 30.9 Å². The fourth-order valence-corrected chi connectivity index (χ4v) is 5.18. The second-order valence-corrected chi connectivity index (χ2v) is 9.34. The summed E-state index contributed by atoms with van der Waals surface area (Å²) in [5.74, 6) is 0.783. The van der Waals surface area contributed by atoms with Gasteiger partial charge in [-0.25, -0.2) is 14.4 Å². The van der Waals surface area contributed by atoms with Crippen molar-refractivity contribution >= 4 is 11.8 Å². The van der Waals surface area contributed by atoms with E-state index in [2.05, 4.69) is 9.97 Å². The molecule has 7 heteroatoms. The molecule has 32 heavy (non-hydrogen) atoms. The minimum absolute atomic E-state index is 0.0324. The number of hydrogen-bond acceptors (Lipinski definition) is 4. The number of amides is 2. The van der Waals surface area contributed by atoms with Gasteiger partial charge in [0.15, 0.2) is 0 Å². The van der Waals surface area contributed by atoms with Crippen molar-refractivity contribution in [2.24, 2.45) is 5.41 Å². The third kappa shape index (κ3) is 4.66. The lowest BCUT2D eigenvalue weighted by Gasteiger charge is -2.42. The van der Waals surface area contributed by atoms with Gasteiger partial charge in [0.25, 0.3) is 0 Å². The van der Waals surface area contributed by atoms with Crippen LogP contribution in [0.2, 0.25) is 0 Å². The van der Waals surface area contributed by atoms with Crippen molar-refractivity contribution in [3.63, 3.8) is 0 Å². The summed E-state index contributed by atoms with van der Waals surface area (Å²) in [7, 11) is 0. The maximum atomic E-state index is 13.9. The summed E-state index contributed by atoms with van der Waals surface area (Å²) in [5.41, 5.74) is 2.08. The van der Waals surface area contributed by atoms with Gasteiger partial charge in [-0.2, -0.15) is 0 Å². The Bertz CT molecular complexity index is 997. The van der Waals surface area contributed by atoms with Crippen LogP contribution in [0.15, 0.2) is 30.3 Å². The predicted molar refractivity (Wildman–Crippen MR) is 119 cm³/mol. The Labute approximate surface area is 188 Å². The maximum absolute atomic E-state index is 13.9. The van der Waals surface area contributed by atoms with Crippen LogP contribution in [0.25, 0.3) is 0 Å². The number of aryl methyl sites for hydroxylation is 2. The lowest BCUT2D eigenvalue weighted by Crippen LogP contribution is -2.51. The molecule has 2 aliphatic rings. The van der Waals surface area contributed by atoms with Crippen LogP contribution in [0.3, 0.4) is 0 Å². The molecule has 0 unspecified atom stereocenters. The fourth-order valence-electron chi connectivity index (χ4n) is 5.18. The van der Waals surface area contributed by atoms with Gasteiger partial charge in [-0.15, -0.1) is 0 Å². The highest BCUT2D eigenvalue weighted by atomic mass is 19.1. The van der Waals surface area contributed by atoms with Crippen molar-refractivity contribution in [1.29, 1.82) is 0 Å². The van der Waals surface area contributed by atoms with Gasteiger partial charge in [-0.3, -0.25) is 9.59 Å². The number of aromatic nitrogens is 2. The zero-order valence-electron chi connectivity index (χ0n) is 19.1. The summed E-state index contributed by atoms with van der Waals surface area (Å²) >= 11 is 0. The van der Waals surface area contributed by atoms with Crippen molar-refractivity contribution in [2.75, 3.05) is 26.2 Å². The lowest BCUT2D eigenvalue weighted by molar-refractivity contribution is -0.147. The van der Waals surface area contributed by atoms with E-state index in [-0.39, 0.29) is 23.5 Å². The molecule has 170 valence electrons. The predicted octanol–water partition coefficient (Wildman–Crippen LogP) is 3.42. The number of halogens is 1. The van der Waals surface area contributed by atoms with Crippen molar-refractivity contribution < 1.29 is 14.0 Å². The van der Waals surface area contributed by atoms with Crippen LogP contribution in [-0.4, -0.2) is 57.8 Å². The minimum Gasteiger partial charge on any atom is -0.343 e. The van der Waals surface area contributed by atoms with E-state index in [0.29, 0.717) is 45.4 Å². The average Bonchev–Trinajstić information content (AvgIpc) is 3.23. The van der Waals surface area contributed by atoms with Gasteiger partial charge in [-0.05, 0) is 63.3 Å². The Kier molecular flexibility index (Phi) is 6.26. The Morgan fingerprint density at radius 2 is 1.75 bits per heavy atom. The smallest absolute Gasteiger partial charge is 0.229 e. The second kappa shape index (κ2) is 8.96. The summed E-state index contributed by atoms with van der Waals surface area (Å²) in [6.45, 7) is 7.86. The van der Waals surface area contributed by atoms with Gasteiger partial charge in [0.1, 0.15) is 11.6 Å². The highest BCUT2D eigenvalue weighted by Gasteiger charge is 2.45. The number of benzene rings is 1. The summed E-state index contributed by atoms with van der Waals surface area (Å²) in [6, 6.07) is 8.47. The molecule has 1 aromatic heterocycles. The van der Waals surface area contributed by atoms with E-state index in [9.17, 15) is 14.0 Å². The van der Waals surface area contributed by atoms with Crippen LogP contribution in [0, 0.1) is 25.1 Å². The standard InChI is InChI=1S/C25H31FN4O2/c1-17-13-18(2)28-23(27-17)21-7-10-30(16-21)24(32)25(8-11-29(12-9-25)19(3)31)15-20-5-4-6-22(26)14-20/h4-6,13-14,21H,7-12,15-16H2,1-3H3/t21-/m1/s1. The quantitative estimate of drug-likeness (QED) is 0.734. The molecule has 0 aliphatic carbocycles. The van der Waals surface area contributed by atoms with E-state index >= 15 is 0 Å². The fraction of sp³-hybridized carbons (Fsp3) is 0.520.